The standard InChI is InChI=1S/C11H14N2/c1-4-10-8(3)9(6-12)7-13-11(10)5-2/h7H,4-5H2,1-3H3. The van der Waals surface area contributed by atoms with Crippen LogP contribution in [0.3, 0.4) is 0 Å². The molecule has 13 heavy (non-hydrogen) atoms. The first kappa shape index (κ1) is 9.73. The minimum Gasteiger partial charge on any atom is -0.260 e. The van der Waals surface area contributed by atoms with Gasteiger partial charge in [-0.3, -0.25) is 4.98 Å². The topological polar surface area (TPSA) is 36.7 Å². The van der Waals surface area contributed by atoms with E-state index in [0.717, 1.165) is 24.1 Å². The Morgan fingerprint density at radius 1 is 1.38 bits per heavy atom. The zero-order valence-electron chi connectivity index (χ0n) is 8.39. The first-order valence-corrected chi connectivity index (χ1v) is 4.62. The van der Waals surface area contributed by atoms with Gasteiger partial charge in [-0.2, -0.15) is 5.26 Å². The Hall–Kier alpha value is -1.36. The molecule has 0 bridgehead atoms. The van der Waals surface area contributed by atoms with Crippen LogP contribution in [0.15, 0.2) is 6.20 Å². The van der Waals surface area contributed by atoms with Crippen molar-refractivity contribution in [1.29, 1.82) is 5.26 Å². The first-order chi connectivity index (χ1) is 6.24. The molecule has 0 fully saturated rings. The van der Waals surface area contributed by atoms with E-state index in [0.29, 0.717) is 5.56 Å². The number of pyridine rings is 1. The summed E-state index contributed by atoms with van der Waals surface area (Å²) in [7, 11) is 0. The maximum Gasteiger partial charge on any atom is 0.101 e. The minimum absolute atomic E-state index is 0.703. The molecule has 0 aliphatic carbocycles. The number of nitrogens with zero attached hydrogens (tertiary/aromatic N) is 2. The lowest BCUT2D eigenvalue weighted by Crippen LogP contribution is -2.00. The SMILES string of the molecule is CCc1ncc(C#N)c(C)c1CC. The second-order valence-corrected chi connectivity index (χ2v) is 3.04. The van der Waals surface area contributed by atoms with Gasteiger partial charge in [-0.15, -0.1) is 0 Å². The fourth-order valence-corrected chi connectivity index (χ4v) is 1.58. The molecule has 2 nitrogen and oxygen atoms in total. The third kappa shape index (κ3) is 1.70. The van der Waals surface area contributed by atoms with E-state index in [1.54, 1.807) is 6.20 Å². The second-order valence-electron chi connectivity index (χ2n) is 3.04. The summed E-state index contributed by atoms with van der Waals surface area (Å²) in [5.41, 5.74) is 4.16. The summed E-state index contributed by atoms with van der Waals surface area (Å²) in [6, 6.07) is 2.16. The Bertz CT molecular complexity index is 348. The van der Waals surface area contributed by atoms with E-state index in [4.69, 9.17) is 5.26 Å². The molecule has 0 radical (unpaired) electrons. The summed E-state index contributed by atoms with van der Waals surface area (Å²) >= 11 is 0. The van der Waals surface area contributed by atoms with Gasteiger partial charge in [0.1, 0.15) is 6.07 Å². The van der Waals surface area contributed by atoms with Crippen LogP contribution in [0.5, 0.6) is 0 Å². The molecule has 0 aliphatic heterocycles. The molecule has 1 rings (SSSR count). The Labute approximate surface area is 79.2 Å². The average Bonchev–Trinajstić information content (AvgIpc) is 2.17. The molecule has 0 aliphatic rings. The van der Waals surface area contributed by atoms with E-state index in [2.05, 4.69) is 24.9 Å². The lowest BCUT2D eigenvalue weighted by molar-refractivity contribution is 0.945. The third-order valence-electron chi connectivity index (χ3n) is 2.36. The molecular weight excluding hydrogens is 160 g/mol. The predicted octanol–water partition coefficient (Wildman–Crippen LogP) is 2.39. The predicted molar refractivity (Wildman–Crippen MR) is 52.4 cm³/mol. The van der Waals surface area contributed by atoms with Crippen molar-refractivity contribution in [2.45, 2.75) is 33.6 Å². The van der Waals surface area contributed by atoms with Gasteiger partial charge in [0, 0.05) is 11.9 Å². The van der Waals surface area contributed by atoms with Gasteiger partial charge >= 0.3 is 0 Å². The van der Waals surface area contributed by atoms with Gasteiger partial charge in [0.15, 0.2) is 0 Å². The Kier molecular flexibility index (Phi) is 3.02. The van der Waals surface area contributed by atoms with E-state index in [1.165, 1.54) is 5.56 Å². The zero-order chi connectivity index (χ0) is 9.84. The molecule has 0 N–H and O–H groups in total. The van der Waals surface area contributed by atoms with Crippen molar-refractivity contribution >= 4 is 0 Å². The molecular formula is C11H14N2. The molecule has 68 valence electrons. The molecule has 0 amide bonds. The van der Waals surface area contributed by atoms with Crippen LogP contribution in [-0.2, 0) is 12.8 Å². The Balaban J connectivity index is 3.34. The smallest absolute Gasteiger partial charge is 0.101 e. The van der Waals surface area contributed by atoms with Crippen molar-refractivity contribution in [3.8, 4) is 6.07 Å². The maximum atomic E-state index is 8.81. The minimum atomic E-state index is 0.703. The molecule has 0 aromatic carbocycles. The molecule has 0 saturated carbocycles. The third-order valence-corrected chi connectivity index (χ3v) is 2.36. The number of nitriles is 1. The van der Waals surface area contributed by atoms with Crippen LogP contribution < -0.4 is 0 Å². The fourth-order valence-electron chi connectivity index (χ4n) is 1.58. The molecule has 0 saturated heterocycles. The van der Waals surface area contributed by atoms with Crippen molar-refractivity contribution < 1.29 is 0 Å². The van der Waals surface area contributed by atoms with E-state index < -0.39 is 0 Å². The van der Waals surface area contributed by atoms with Crippen LogP contribution in [-0.4, -0.2) is 4.98 Å². The van der Waals surface area contributed by atoms with Gasteiger partial charge in [0.25, 0.3) is 0 Å². The number of aromatic nitrogens is 1. The van der Waals surface area contributed by atoms with Gasteiger partial charge in [-0.05, 0) is 30.9 Å². The highest BCUT2D eigenvalue weighted by molar-refractivity contribution is 5.42. The van der Waals surface area contributed by atoms with Crippen LogP contribution in [0.25, 0.3) is 0 Å². The molecule has 1 heterocycles. The maximum absolute atomic E-state index is 8.81. The largest absolute Gasteiger partial charge is 0.260 e. The van der Waals surface area contributed by atoms with E-state index in [1.807, 2.05) is 6.92 Å². The normalized spacial score (nSPS) is 9.69. The van der Waals surface area contributed by atoms with E-state index in [-0.39, 0.29) is 0 Å². The van der Waals surface area contributed by atoms with Crippen molar-refractivity contribution in [2.24, 2.45) is 0 Å². The molecule has 0 unspecified atom stereocenters. The first-order valence-electron chi connectivity index (χ1n) is 4.62. The summed E-state index contributed by atoms with van der Waals surface area (Å²) in [5, 5.41) is 8.81. The zero-order valence-corrected chi connectivity index (χ0v) is 8.39. The molecule has 1 aromatic heterocycles. The van der Waals surface area contributed by atoms with Gasteiger partial charge in [0.05, 0.1) is 5.56 Å². The average molecular weight is 174 g/mol. The summed E-state index contributed by atoms with van der Waals surface area (Å²) in [4.78, 5) is 4.28. The van der Waals surface area contributed by atoms with Crippen LogP contribution >= 0.6 is 0 Å². The Morgan fingerprint density at radius 2 is 2.08 bits per heavy atom. The van der Waals surface area contributed by atoms with Crippen LogP contribution in [0.2, 0.25) is 0 Å². The van der Waals surface area contributed by atoms with Gasteiger partial charge in [-0.1, -0.05) is 13.8 Å². The lowest BCUT2D eigenvalue weighted by atomic mass is 10.00. The van der Waals surface area contributed by atoms with Gasteiger partial charge in [-0.25, -0.2) is 0 Å². The summed E-state index contributed by atoms with van der Waals surface area (Å²) in [6.45, 7) is 6.19. The van der Waals surface area contributed by atoms with Crippen molar-refractivity contribution in [3.05, 3.63) is 28.6 Å². The van der Waals surface area contributed by atoms with E-state index in [9.17, 15) is 0 Å². The van der Waals surface area contributed by atoms with Crippen molar-refractivity contribution in [1.82, 2.24) is 4.98 Å². The number of hydrogen-bond acceptors (Lipinski definition) is 2. The number of rotatable bonds is 2. The van der Waals surface area contributed by atoms with Crippen LogP contribution in [0.4, 0.5) is 0 Å². The van der Waals surface area contributed by atoms with Crippen LogP contribution in [0.1, 0.15) is 36.2 Å². The van der Waals surface area contributed by atoms with Crippen LogP contribution in [0, 0.1) is 18.3 Å². The number of aryl methyl sites for hydroxylation is 1. The van der Waals surface area contributed by atoms with Crippen molar-refractivity contribution in [2.75, 3.05) is 0 Å². The molecule has 0 spiro atoms. The Morgan fingerprint density at radius 3 is 2.54 bits per heavy atom. The van der Waals surface area contributed by atoms with Gasteiger partial charge < -0.3 is 0 Å². The molecule has 1 aromatic rings. The quantitative estimate of drug-likeness (QED) is 0.690. The van der Waals surface area contributed by atoms with Gasteiger partial charge in [0.2, 0.25) is 0 Å². The number of hydrogen-bond donors (Lipinski definition) is 0. The monoisotopic (exact) mass is 174 g/mol. The summed E-state index contributed by atoms with van der Waals surface area (Å²) in [6.07, 6.45) is 3.57. The highest BCUT2D eigenvalue weighted by atomic mass is 14.7. The van der Waals surface area contributed by atoms with Crippen molar-refractivity contribution in [3.63, 3.8) is 0 Å². The highest BCUT2D eigenvalue weighted by Crippen LogP contribution is 2.16. The second kappa shape index (κ2) is 4.04. The lowest BCUT2D eigenvalue weighted by Gasteiger charge is -2.08. The fraction of sp³-hybridized carbons (Fsp3) is 0.455. The summed E-state index contributed by atoms with van der Waals surface area (Å²) < 4.78 is 0. The molecule has 2 heteroatoms. The summed E-state index contributed by atoms with van der Waals surface area (Å²) in [5.74, 6) is 0. The highest BCUT2D eigenvalue weighted by Gasteiger charge is 2.07. The van der Waals surface area contributed by atoms with E-state index >= 15 is 0 Å². The molecule has 0 atom stereocenters.